The molecule has 3 rings (SSSR count). The number of amides is 1. The van der Waals surface area contributed by atoms with E-state index in [1.807, 2.05) is 0 Å². The Morgan fingerprint density at radius 3 is 2.83 bits per heavy atom. The normalized spacial score (nSPS) is 13.5. The van der Waals surface area contributed by atoms with Gasteiger partial charge in [0.1, 0.15) is 11.6 Å². The van der Waals surface area contributed by atoms with Crippen molar-refractivity contribution in [3.8, 4) is 17.2 Å². The molecule has 0 aromatic heterocycles. The lowest BCUT2D eigenvalue weighted by Gasteiger charge is -2.15. The van der Waals surface area contributed by atoms with Crippen molar-refractivity contribution in [3.05, 3.63) is 47.2 Å². The zero-order chi connectivity index (χ0) is 16.4. The zero-order valence-electron chi connectivity index (χ0n) is 12.1. The third-order valence-electron chi connectivity index (χ3n) is 3.21. The molecule has 1 aliphatic heterocycles. The van der Waals surface area contributed by atoms with Crippen LogP contribution in [0.3, 0.4) is 0 Å². The number of benzene rings is 2. The van der Waals surface area contributed by atoms with Crippen molar-refractivity contribution in [2.45, 2.75) is 13.0 Å². The van der Waals surface area contributed by atoms with Gasteiger partial charge in [0.2, 0.25) is 6.79 Å². The van der Waals surface area contributed by atoms with Crippen LogP contribution in [0.2, 0.25) is 5.02 Å². The summed E-state index contributed by atoms with van der Waals surface area (Å²) in [5, 5.41) is 2.81. The number of nitrogens with one attached hydrogen (secondary N) is 1. The van der Waals surface area contributed by atoms with Crippen molar-refractivity contribution in [2.24, 2.45) is 0 Å². The van der Waals surface area contributed by atoms with Gasteiger partial charge in [-0.15, -0.1) is 0 Å². The van der Waals surface area contributed by atoms with Crippen LogP contribution in [0.1, 0.15) is 6.92 Å². The number of carbonyl (C=O) groups is 1. The third-order valence-corrected chi connectivity index (χ3v) is 3.50. The molecular formula is C16H13ClFNO4. The second-order valence-corrected chi connectivity index (χ2v) is 5.30. The Morgan fingerprint density at radius 1 is 1.26 bits per heavy atom. The molecule has 1 aliphatic rings. The van der Waals surface area contributed by atoms with Crippen LogP contribution in [-0.4, -0.2) is 18.8 Å². The lowest BCUT2D eigenvalue weighted by Crippen LogP contribution is -2.30. The first-order chi connectivity index (χ1) is 11.0. The van der Waals surface area contributed by atoms with Crippen LogP contribution in [0.4, 0.5) is 10.1 Å². The maximum absolute atomic E-state index is 13.0. The summed E-state index contributed by atoms with van der Waals surface area (Å²) in [7, 11) is 0. The molecule has 1 atom stereocenters. The Balaban J connectivity index is 1.65. The Bertz CT molecular complexity index is 753. The molecule has 1 amide bonds. The summed E-state index contributed by atoms with van der Waals surface area (Å²) in [5.41, 5.74) is 0.555. The van der Waals surface area contributed by atoms with Crippen LogP contribution >= 0.6 is 11.6 Å². The van der Waals surface area contributed by atoms with Crippen LogP contribution < -0.4 is 19.5 Å². The lowest BCUT2D eigenvalue weighted by atomic mass is 10.2. The van der Waals surface area contributed by atoms with Crippen molar-refractivity contribution in [1.29, 1.82) is 0 Å². The van der Waals surface area contributed by atoms with Gasteiger partial charge in [-0.3, -0.25) is 4.79 Å². The van der Waals surface area contributed by atoms with E-state index in [-0.39, 0.29) is 23.5 Å². The zero-order valence-corrected chi connectivity index (χ0v) is 12.9. The number of ether oxygens (including phenoxy) is 3. The van der Waals surface area contributed by atoms with Gasteiger partial charge in [0.25, 0.3) is 5.91 Å². The average molecular weight is 338 g/mol. The monoisotopic (exact) mass is 337 g/mol. The SMILES string of the molecule is CC(Oc1ccc(F)cc1Cl)C(=O)Nc1ccc2c(c1)OCO2. The largest absolute Gasteiger partial charge is 0.479 e. The summed E-state index contributed by atoms with van der Waals surface area (Å²) >= 11 is 5.88. The van der Waals surface area contributed by atoms with Crippen LogP contribution in [0.15, 0.2) is 36.4 Å². The first-order valence-corrected chi connectivity index (χ1v) is 7.23. The topological polar surface area (TPSA) is 56.8 Å². The molecule has 1 heterocycles. The number of fused-ring (bicyclic) bond motifs is 1. The Labute approximate surface area is 136 Å². The highest BCUT2D eigenvalue weighted by Gasteiger charge is 2.19. The van der Waals surface area contributed by atoms with E-state index in [1.54, 1.807) is 25.1 Å². The summed E-state index contributed by atoms with van der Waals surface area (Å²) < 4.78 is 28.9. The van der Waals surface area contributed by atoms with Crippen molar-refractivity contribution >= 4 is 23.2 Å². The summed E-state index contributed by atoms with van der Waals surface area (Å²) in [5.74, 6) is 0.591. The predicted molar refractivity (Wildman–Crippen MR) is 82.7 cm³/mol. The van der Waals surface area contributed by atoms with E-state index in [0.717, 1.165) is 6.07 Å². The van der Waals surface area contributed by atoms with Gasteiger partial charge in [-0.05, 0) is 37.3 Å². The molecule has 0 aliphatic carbocycles. The highest BCUT2D eigenvalue weighted by molar-refractivity contribution is 6.32. The van der Waals surface area contributed by atoms with E-state index in [0.29, 0.717) is 17.2 Å². The molecule has 1 N–H and O–H groups in total. The summed E-state index contributed by atoms with van der Waals surface area (Å²) in [6.07, 6.45) is -0.816. The summed E-state index contributed by atoms with van der Waals surface area (Å²) in [4.78, 5) is 12.2. The van der Waals surface area contributed by atoms with Gasteiger partial charge in [-0.25, -0.2) is 4.39 Å². The minimum atomic E-state index is -0.816. The van der Waals surface area contributed by atoms with Gasteiger partial charge in [0.05, 0.1) is 5.02 Å². The van der Waals surface area contributed by atoms with Crippen LogP contribution in [0.5, 0.6) is 17.2 Å². The highest BCUT2D eigenvalue weighted by Crippen LogP contribution is 2.34. The molecule has 2 aromatic carbocycles. The summed E-state index contributed by atoms with van der Waals surface area (Å²) in [6, 6.07) is 8.78. The first-order valence-electron chi connectivity index (χ1n) is 6.85. The second-order valence-electron chi connectivity index (χ2n) is 4.89. The maximum Gasteiger partial charge on any atom is 0.265 e. The molecule has 23 heavy (non-hydrogen) atoms. The Kier molecular flexibility index (Phi) is 4.25. The van der Waals surface area contributed by atoms with Gasteiger partial charge >= 0.3 is 0 Å². The van der Waals surface area contributed by atoms with Crippen molar-refractivity contribution < 1.29 is 23.4 Å². The minimum absolute atomic E-state index is 0.104. The number of rotatable bonds is 4. The number of anilines is 1. The molecule has 0 fully saturated rings. The maximum atomic E-state index is 13.0. The Morgan fingerprint density at radius 2 is 2.04 bits per heavy atom. The van der Waals surface area contributed by atoms with E-state index in [1.165, 1.54) is 12.1 Å². The fraction of sp³-hybridized carbons (Fsp3) is 0.188. The fourth-order valence-corrected chi connectivity index (χ4v) is 2.24. The van der Waals surface area contributed by atoms with E-state index in [4.69, 9.17) is 25.8 Å². The van der Waals surface area contributed by atoms with E-state index < -0.39 is 11.9 Å². The van der Waals surface area contributed by atoms with Crippen molar-refractivity contribution in [1.82, 2.24) is 0 Å². The molecule has 120 valence electrons. The molecule has 0 saturated heterocycles. The molecule has 0 saturated carbocycles. The smallest absolute Gasteiger partial charge is 0.265 e. The number of hydrogen-bond donors (Lipinski definition) is 1. The first kappa shape index (κ1) is 15.4. The number of carbonyl (C=O) groups excluding carboxylic acids is 1. The molecule has 0 spiro atoms. The molecule has 2 aromatic rings. The van der Waals surface area contributed by atoms with E-state index in [9.17, 15) is 9.18 Å². The van der Waals surface area contributed by atoms with Gasteiger partial charge in [-0.1, -0.05) is 11.6 Å². The minimum Gasteiger partial charge on any atom is -0.479 e. The molecule has 0 radical (unpaired) electrons. The van der Waals surface area contributed by atoms with Gasteiger partial charge in [-0.2, -0.15) is 0 Å². The van der Waals surface area contributed by atoms with Crippen molar-refractivity contribution in [2.75, 3.05) is 12.1 Å². The molecule has 5 nitrogen and oxygen atoms in total. The van der Waals surface area contributed by atoms with Crippen LogP contribution in [-0.2, 0) is 4.79 Å². The van der Waals surface area contributed by atoms with Crippen LogP contribution in [0.25, 0.3) is 0 Å². The van der Waals surface area contributed by atoms with Gasteiger partial charge in [0.15, 0.2) is 17.6 Å². The van der Waals surface area contributed by atoms with E-state index >= 15 is 0 Å². The molecule has 7 heteroatoms. The van der Waals surface area contributed by atoms with Gasteiger partial charge < -0.3 is 19.5 Å². The second kappa shape index (κ2) is 6.34. The van der Waals surface area contributed by atoms with E-state index in [2.05, 4.69) is 5.32 Å². The highest BCUT2D eigenvalue weighted by atomic mass is 35.5. The lowest BCUT2D eigenvalue weighted by molar-refractivity contribution is -0.122. The predicted octanol–water partition coefficient (Wildman–Crippen LogP) is 3.61. The molecule has 0 bridgehead atoms. The average Bonchev–Trinajstić information content (AvgIpc) is 2.97. The Hall–Kier alpha value is -2.47. The van der Waals surface area contributed by atoms with Crippen LogP contribution in [0, 0.1) is 5.82 Å². The van der Waals surface area contributed by atoms with Crippen molar-refractivity contribution in [3.63, 3.8) is 0 Å². The number of halogens is 2. The molecular weight excluding hydrogens is 325 g/mol. The fourth-order valence-electron chi connectivity index (χ4n) is 2.03. The molecule has 1 unspecified atom stereocenters. The van der Waals surface area contributed by atoms with Gasteiger partial charge in [0, 0.05) is 11.8 Å². The summed E-state index contributed by atoms with van der Waals surface area (Å²) in [6.45, 7) is 1.73. The quantitative estimate of drug-likeness (QED) is 0.926. The number of hydrogen-bond acceptors (Lipinski definition) is 4. The third kappa shape index (κ3) is 3.48. The standard InChI is InChI=1S/C16H13ClFNO4/c1-9(23-13-4-2-10(18)6-12(13)17)16(20)19-11-3-5-14-15(7-11)22-8-21-14/h2-7,9H,8H2,1H3,(H,19,20).